The molecule has 23 heavy (non-hydrogen) atoms. The monoisotopic (exact) mass is 342 g/mol. The molecule has 0 heterocycles. The van der Waals surface area contributed by atoms with Crippen LogP contribution in [0.2, 0.25) is 0 Å². The van der Waals surface area contributed by atoms with E-state index in [9.17, 15) is 13.2 Å². The normalized spacial score (nSPS) is 14.2. The molecule has 0 unspecified atom stereocenters. The second-order valence-corrected chi connectivity index (χ2v) is 7.35. The zero-order chi connectivity index (χ0) is 17.0. The Morgan fingerprint density at radius 2 is 2.00 bits per heavy atom. The maximum Gasteiger partial charge on any atom is 0.232 e. The topological polar surface area (TPSA) is 84.9 Å². The van der Waals surface area contributed by atoms with Crippen LogP contribution in [0, 0.1) is 5.92 Å². The smallest absolute Gasteiger partial charge is 0.232 e. The Labute approximate surface area is 136 Å². The standard InChI is InChI=1S/C15H22N2O5S/c1-21-12-6-7-14(22-2)13(10-12)17(23(3,19)20)9-8-16-15(18)11-4-5-11/h6-7,10-11H,4-5,8-9H2,1-3H3,(H,16,18). The molecule has 1 fully saturated rings. The van der Waals surface area contributed by atoms with E-state index in [1.165, 1.54) is 18.5 Å². The highest BCUT2D eigenvalue weighted by atomic mass is 32.2. The van der Waals surface area contributed by atoms with E-state index in [1.54, 1.807) is 18.2 Å². The van der Waals surface area contributed by atoms with Gasteiger partial charge in [-0.15, -0.1) is 0 Å². The fraction of sp³-hybridized carbons (Fsp3) is 0.533. The molecule has 0 aliphatic heterocycles. The van der Waals surface area contributed by atoms with Gasteiger partial charge in [0.05, 0.1) is 32.7 Å². The van der Waals surface area contributed by atoms with Gasteiger partial charge in [0.15, 0.2) is 0 Å². The molecule has 1 aliphatic rings. The number of benzene rings is 1. The fourth-order valence-corrected chi connectivity index (χ4v) is 3.15. The van der Waals surface area contributed by atoms with Gasteiger partial charge in [0, 0.05) is 18.5 Å². The number of sulfonamides is 1. The van der Waals surface area contributed by atoms with Crippen molar-refractivity contribution in [2.24, 2.45) is 5.92 Å². The Balaban J connectivity index is 2.19. The molecule has 1 aliphatic carbocycles. The third-order valence-corrected chi connectivity index (χ3v) is 4.80. The highest BCUT2D eigenvalue weighted by molar-refractivity contribution is 7.92. The lowest BCUT2D eigenvalue weighted by Gasteiger charge is -2.24. The van der Waals surface area contributed by atoms with E-state index in [0.717, 1.165) is 19.1 Å². The van der Waals surface area contributed by atoms with Crippen molar-refractivity contribution in [3.8, 4) is 11.5 Å². The maximum absolute atomic E-state index is 12.1. The average Bonchev–Trinajstić information content (AvgIpc) is 3.34. The molecule has 7 nitrogen and oxygen atoms in total. The molecule has 0 aromatic heterocycles. The Morgan fingerprint density at radius 3 is 2.52 bits per heavy atom. The van der Waals surface area contributed by atoms with Crippen molar-refractivity contribution in [1.29, 1.82) is 0 Å². The number of carbonyl (C=O) groups is 1. The van der Waals surface area contributed by atoms with Gasteiger partial charge in [-0.2, -0.15) is 0 Å². The van der Waals surface area contributed by atoms with Crippen LogP contribution in [0.15, 0.2) is 18.2 Å². The van der Waals surface area contributed by atoms with Crippen LogP contribution in [0.25, 0.3) is 0 Å². The molecule has 2 rings (SSSR count). The lowest BCUT2D eigenvalue weighted by molar-refractivity contribution is -0.122. The number of nitrogens with zero attached hydrogens (tertiary/aromatic N) is 1. The van der Waals surface area contributed by atoms with Crippen molar-refractivity contribution in [3.63, 3.8) is 0 Å². The first kappa shape index (κ1) is 17.4. The quantitative estimate of drug-likeness (QED) is 0.762. The van der Waals surface area contributed by atoms with Crippen LogP contribution in [0.1, 0.15) is 12.8 Å². The van der Waals surface area contributed by atoms with Crippen LogP contribution in [0.4, 0.5) is 5.69 Å². The summed E-state index contributed by atoms with van der Waals surface area (Å²) in [5.74, 6) is 1.02. The van der Waals surface area contributed by atoms with E-state index in [4.69, 9.17) is 9.47 Å². The highest BCUT2D eigenvalue weighted by Gasteiger charge is 2.29. The van der Waals surface area contributed by atoms with Gasteiger partial charge < -0.3 is 14.8 Å². The first-order valence-electron chi connectivity index (χ1n) is 7.34. The number of methoxy groups -OCH3 is 2. The van der Waals surface area contributed by atoms with E-state index in [0.29, 0.717) is 17.2 Å². The summed E-state index contributed by atoms with van der Waals surface area (Å²) < 4.78 is 35.9. The molecule has 1 N–H and O–H groups in total. The molecule has 0 atom stereocenters. The summed E-state index contributed by atoms with van der Waals surface area (Å²) in [7, 11) is -0.553. The Morgan fingerprint density at radius 1 is 1.30 bits per heavy atom. The maximum atomic E-state index is 12.1. The van der Waals surface area contributed by atoms with E-state index in [-0.39, 0.29) is 24.9 Å². The van der Waals surface area contributed by atoms with Crippen LogP contribution in [-0.4, -0.2) is 47.9 Å². The number of hydrogen-bond acceptors (Lipinski definition) is 5. The molecule has 1 aromatic rings. The van der Waals surface area contributed by atoms with Gasteiger partial charge >= 0.3 is 0 Å². The number of anilines is 1. The molecule has 8 heteroatoms. The summed E-state index contributed by atoms with van der Waals surface area (Å²) in [6.45, 7) is 0.365. The summed E-state index contributed by atoms with van der Waals surface area (Å²) in [5.41, 5.74) is 0.384. The van der Waals surface area contributed by atoms with Crippen LogP contribution in [0.5, 0.6) is 11.5 Å². The van der Waals surface area contributed by atoms with E-state index in [1.807, 2.05) is 0 Å². The van der Waals surface area contributed by atoms with Gasteiger partial charge in [0.2, 0.25) is 15.9 Å². The minimum Gasteiger partial charge on any atom is -0.497 e. The summed E-state index contributed by atoms with van der Waals surface area (Å²) in [6, 6.07) is 4.94. The third-order valence-electron chi connectivity index (χ3n) is 3.62. The highest BCUT2D eigenvalue weighted by Crippen LogP contribution is 2.33. The van der Waals surface area contributed by atoms with Gasteiger partial charge in [0.25, 0.3) is 0 Å². The number of nitrogens with one attached hydrogen (secondary N) is 1. The Kier molecular flexibility index (Phi) is 5.35. The van der Waals surface area contributed by atoms with Crippen LogP contribution in [0.3, 0.4) is 0 Å². The van der Waals surface area contributed by atoms with Crippen molar-refractivity contribution >= 4 is 21.6 Å². The predicted molar refractivity (Wildman–Crippen MR) is 87.5 cm³/mol. The van der Waals surface area contributed by atoms with Crippen molar-refractivity contribution in [3.05, 3.63) is 18.2 Å². The lowest BCUT2D eigenvalue weighted by atomic mass is 10.2. The van der Waals surface area contributed by atoms with Gasteiger partial charge in [-0.3, -0.25) is 9.10 Å². The first-order chi connectivity index (χ1) is 10.9. The zero-order valence-corrected chi connectivity index (χ0v) is 14.4. The molecule has 1 aromatic carbocycles. The second kappa shape index (κ2) is 7.08. The van der Waals surface area contributed by atoms with Crippen molar-refractivity contribution in [1.82, 2.24) is 5.32 Å². The summed E-state index contributed by atoms with van der Waals surface area (Å²) in [5, 5.41) is 2.77. The largest absolute Gasteiger partial charge is 0.497 e. The van der Waals surface area contributed by atoms with Crippen molar-refractivity contribution in [2.45, 2.75) is 12.8 Å². The molecule has 0 radical (unpaired) electrons. The molecule has 0 saturated heterocycles. The Hall–Kier alpha value is -1.96. The summed E-state index contributed by atoms with van der Waals surface area (Å²) in [6.07, 6.45) is 2.94. The molecule has 0 bridgehead atoms. The number of amides is 1. The molecule has 1 amide bonds. The van der Waals surface area contributed by atoms with Gasteiger partial charge in [-0.1, -0.05) is 0 Å². The SMILES string of the molecule is COc1ccc(OC)c(N(CCNC(=O)C2CC2)S(C)(=O)=O)c1. The molecular weight excluding hydrogens is 320 g/mol. The molecular formula is C15H22N2O5S. The van der Waals surface area contributed by atoms with E-state index < -0.39 is 10.0 Å². The molecule has 128 valence electrons. The predicted octanol–water partition coefficient (Wildman–Crippen LogP) is 0.996. The minimum atomic E-state index is -3.53. The van der Waals surface area contributed by atoms with E-state index in [2.05, 4.69) is 5.32 Å². The number of hydrogen-bond donors (Lipinski definition) is 1. The lowest BCUT2D eigenvalue weighted by Crippen LogP contribution is -2.38. The van der Waals surface area contributed by atoms with E-state index >= 15 is 0 Å². The number of carbonyl (C=O) groups excluding carboxylic acids is 1. The van der Waals surface area contributed by atoms with Gasteiger partial charge in [-0.25, -0.2) is 8.42 Å². The molecule has 1 saturated carbocycles. The van der Waals surface area contributed by atoms with Crippen LogP contribution < -0.4 is 19.1 Å². The van der Waals surface area contributed by atoms with Crippen LogP contribution in [-0.2, 0) is 14.8 Å². The first-order valence-corrected chi connectivity index (χ1v) is 9.19. The van der Waals surface area contributed by atoms with Crippen molar-refractivity contribution < 1.29 is 22.7 Å². The van der Waals surface area contributed by atoms with Gasteiger partial charge in [-0.05, 0) is 25.0 Å². The van der Waals surface area contributed by atoms with Gasteiger partial charge in [0.1, 0.15) is 11.5 Å². The summed E-state index contributed by atoms with van der Waals surface area (Å²) in [4.78, 5) is 11.7. The number of ether oxygens (including phenoxy) is 2. The Bertz CT molecular complexity index is 670. The zero-order valence-electron chi connectivity index (χ0n) is 13.5. The number of rotatable bonds is 8. The second-order valence-electron chi connectivity index (χ2n) is 5.44. The average molecular weight is 342 g/mol. The molecule has 0 spiro atoms. The minimum absolute atomic E-state index is 0.0175. The third kappa shape index (κ3) is 4.51. The van der Waals surface area contributed by atoms with Crippen molar-refractivity contribution in [2.75, 3.05) is 37.9 Å². The van der Waals surface area contributed by atoms with Crippen LogP contribution >= 0.6 is 0 Å². The summed E-state index contributed by atoms with van der Waals surface area (Å²) >= 11 is 0. The fourth-order valence-electron chi connectivity index (χ4n) is 2.23.